The van der Waals surface area contributed by atoms with Gasteiger partial charge in [-0.1, -0.05) is 11.6 Å². The molecule has 1 unspecified atom stereocenters. The van der Waals surface area contributed by atoms with Gasteiger partial charge in [-0.3, -0.25) is 0 Å². The highest BCUT2D eigenvalue weighted by Crippen LogP contribution is 2.13. The van der Waals surface area contributed by atoms with Crippen molar-refractivity contribution in [3.05, 3.63) is 11.9 Å². The molecule has 0 spiro atoms. The summed E-state index contributed by atoms with van der Waals surface area (Å²) in [4.78, 5) is 2.43. The number of aromatic nitrogens is 3. The van der Waals surface area contributed by atoms with Crippen molar-refractivity contribution in [1.29, 1.82) is 0 Å². The van der Waals surface area contributed by atoms with Crippen molar-refractivity contribution in [2.24, 2.45) is 0 Å². The third kappa shape index (κ3) is 3.76. The first-order valence-electron chi connectivity index (χ1n) is 6.70. The highest BCUT2D eigenvalue weighted by molar-refractivity contribution is 4.92. The molecule has 6 heteroatoms. The number of hydrogen-bond donors (Lipinski definition) is 2. The predicted molar refractivity (Wildman–Crippen MR) is 69.1 cm³/mol. The van der Waals surface area contributed by atoms with Crippen LogP contribution >= 0.6 is 0 Å². The van der Waals surface area contributed by atoms with E-state index in [1.807, 2.05) is 6.20 Å². The van der Waals surface area contributed by atoms with Gasteiger partial charge in [0.25, 0.3) is 0 Å². The summed E-state index contributed by atoms with van der Waals surface area (Å²) in [6, 6.07) is 0.645. The Labute approximate surface area is 108 Å². The van der Waals surface area contributed by atoms with Crippen molar-refractivity contribution < 1.29 is 5.11 Å². The van der Waals surface area contributed by atoms with Gasteiger partial charge in [-0.25, -0.2) is 4.68 Å². The smallest absolute Gasteiger partial charge is 0.0964 e. The van der Waals surface area contributed by atoms with E-state index in [0.717, 1.165) is 18.8 Å². The van der Waals surface area contributed by atoms with Crippen LogP contribution in [0.3, 0.4) is 0 Å². The van der Waals surface area contributed by atoms with E-state index in [1.165, 1.54) is 25.8 Å². The normalized spacial score (nSPS) is 21.3. The second-order valence-corrected chi connectivity index (χ2v) is 4.96. The molecule has 6 nitrogen and oxygen atoms in total. The van der Waals surface area contributed by atoms with Crippen LogP contribution in [0.4, 0.5) is 0 Å². The van der Waals surface area contributed by atoms with E-state index in [2.05, 4.69) is 27.6 Å². The number of rotatable bonds is 6. The first-order valence-corrected chi connectivity index (χ1v) is 6.70. The summed E-state index contributed by atoms with van der Waals surface area (Å²) in [5, 5.41) is 20.2. The number of hydrogen-bond acceptors (Lipinski definition) is 5. The van der Waals surface area contributed by atoms with Gasteiger partial charge in [-0.15, -0.1) is 5.10 Å². The van der Waals surface area contributed by atoms with Crippen molar-refractivity contribution in [3.8, 4) is 0 Å². The van der Waals surface area contributed by atoms with Crippen LogP contribution in [0, 0.1) is 0 Å². The first-order chi connectivity index (χ1) is 8.79. The monoisotopic (exact) mass is 253 g/mol. The Bertz CT molecular complexity index is 354. The third-order valence-electron chi connectivity index (χ3n) is 3.52. The van der Waals surface area contributed by atoms with Crippen molar-refractivity contribution >= 4 is 0 Å². The molecular weight excluding hydrogens is 230 g/mol. The van der Waals surface area contributed by atoms with Crippen molar-refractivity contribution in [2.45, 2.75) is 38.4 Å². The molecule has 18 heavy (non-hydrogen) atoms. The number of aliphatic hydroxyl groups excluding tert-OH is 1. The number of likely N-dealkylation sites (N-methyl/N-ethyl adjacent to an activating group) is 1. The lowest BCUT2D eigenvalue weighted by molar-refractivity contribution is 0.181. The average Bonchev–Trinajstić information content (AvgIpc) is 2.80. The second-order valence-electron chi connectivity index (χ2n) is 4.96. The van der Waals surface area contributed by atoms with E-state index in [0.29, 0.717) is 12.6 Å². The van der Waals surface area contributed by atoms with Crippen LogP contribution in [0.25, 0.3) is 0 Å². The lowest BCUT2D eigenvalue weighted by Gasteiger charge is -2.32. The zero-order chi connectivity index (χ0) is 12.8. The summed E-state index contributed by atoms with van der Waals surface area (Å²) in [7, 11) is 2.20. The second kappa shape index (κ2) is 6.82. The summed E-state index contributed by atoms with van der Waals surface area (Å²) in [6.07, 6.45) is 5.82. The van der Waals surface area contributed by atoms with Crippen LogP contribution in [0.1, 0.15) is 25.0 Å². The molecule has 1 fully saturated rings. The topological polar surface area (TPSA) is 66.2 Å². The van der Waals surface area contributed by atoms with Crippen LogP contribution in [0.2, 0.25) is 0 Å². The van der Waals surface area contributed by atoms with Crippen molar-refractivity contribution in [2.75, 3.05) is 26.7 Å². The first kappa shape index (κ1) is 13.5. The molecule has 2 rings (SSSR count). The summed E-state index contributed by atoms with van der Waals surface area (Å²) in [6.45, 7) is 3.57. The molecule has 0 radical (unpaired) electrons. The highest BCUT2D eigenvalue weighted by Gasteiger charge is 2.18. The molecule has 1 aliphatic heterocycles. The van der Waals surface area contributed by atoms with Gasteiger partial charge in [0.2, 0.25) is 0 Å². The SMILES string of the molecule is CN1CCCCC1CNCc1cn(CCO)nn1. The van der Waals surface area contributed by atoms with Crippen LogP contribution in [0.5, 0.6) is 0 Å². The molecule has 0 aliphatic carbocycles. The van der Waals surface area contributed by atoms with Gasteiger partial charge < -0.3 is 15.3 Å². The fourth-order valence-electron chi connectivity index (χ4n) is 2.40. The Hall–Kier alpha value is -0.980. The van der Waals surface area contributed by atoms with Gasteiger partial charge in [-0.05, 0) is 26.4 Å². The fraction of sp³-hybridized carbons (Fsp3) is 0.833. The van der Waals surface area contributed by atoms with Crippen LogP contribution < -0.4 is 5.32 Å². The quantitative estimate of drug-likeness (QED) is 0.738. The van der Waals surface area contributed by atoms with E-state index >= 15 is 0 Å². The van der Waals surface area contributed by atoms with Gasteiger partial charge in [0, 0.05) is 25.3 Å². The van der Waals surface area contributed by atoms with Gasteiger partial charge in [-0.2, -0.15) is 0 Å². The zero-order valence-electron chi connectivity index (χ0n) is 11.0. The van der Waals surface area contributed by atoms with Gasteiger partial charge >= 0.3 is 0 Å². The lowest BCUT2D eigenvalue weighted by atomic mass is 10.0. The molecule has 1 aliphatic rings. The number of likely N-dealkylation sites (tertiary alicyclic amines) is 1. The van der Waals surface area contributed by atoms with Crippen LogP contribution in [-0.4, -0.2) is 57.8 Å². The molecular formula is C12H23N5O. The van der Waals surface area contributed by atoms with Crippen LogP contribution in [-0.2, 0) is 13.1 Å². The molecule has 0 aromatic carbocycles. The largest absolute Gasteiger partial charge is 0.394 e. The molecule has 1 saturated heterocycles. The molecule has 0 bridgehead atoms. The van der Waals surface area contributed by atoms with Gasteiger partial charge in [0.1, 0.15) is 0 Å². The summed E-state index contributed by atoms with van der Waals surface area (Å²) < 4.78 is 1.67. The Kier molecular flexibility index (Phi) is 5.10. The average molecular weight is 253 g/mol. The van der Waals surface area contributed by atoms with E-state index in [9.17, 15) is 0 Å². The molecule has 2 heterocycles. The molecule has 0 saturated carbocycles. The number of aliphatic hydroxyl groups is 1. The summed E-state index contributed by atoms with van der Waals surface area (Å²) in [5.74, 6) is 0. The molecule has 102 valence electrons. The minimum absolute atomic E-state index is 0.100. The fourth-order valence-corrected chi connectivity index (χ4v) is 2.40. The van der Waals surface area contributed by atoms with Crippen molar-refractivity contribution in [3.63, 3.8) is 0 Å². The maximum atomic E-state index is 8.79. The minimum Gasteiger partial charge on any atom is -0.394 e. The van der Waals surface area contributed by atoms with E-state index in [4.69, 9.17) is 5.11 Å². The number of nitrogens with zero attached hydrogens (tertiary/aromatic N) is 4. The maximum absolute atomic E-state index is 8.79. The Morgan fingerprint density at radius 3 is 3.17 bits per heavy atom. The predicted octanol–water partition coefficient (Wildman–Crippen LogP) is -0.156. The Morgan fingerprint density at radius 1 is 1.50 bits per heavy atom. The number of piperidine rings is 1. The number of nitrogens with one attached hydrogen (secondary N) is 1. The lowest BCUT2D eigenvalue weighted by Crippen LogP contribution is -2.42. The molecule has 1 atom stereocenters. The Morgan fingerprint density at radius 2 is 2.39 bits per heavy atom. The van der Waals surface area contributed by atoms with E-state index in [1.54, 1.807) is 4.68 Å². The molecule has 0 amide bonds. The molecule has 1 aromatic heterocycles. The molecule has 1 aromatic rings. The molecule has 2 N–H and O–H groups in total. The van der Waals surface area contributed by atoms with E-state index < -0.39 is 0 Å². The summed E-state index contributed by atoms with van der Waals surface area (Å²) >= 11 is 0. The zero-order valence-corrected chi connectivity index (χ0v) is 11.0. The highest BCUT2D eigenvalue weighted by atomic mass is 16.3. The standard InChI is InChI=1S/C12H23N5O/c1-16-5-3-2-4-12(16)9-13-8-11-10-17(6-7-18)15-14-11/h10,12-13,18H,2-9H2,1H3. The maximum Gasteiger partial charge on any atom is 0.0964 e. The van der Waals surface area contributed by atoms with Crippen molar-refractivity contribution in [1.82, 2.24) is 25.2 Å². The third-order valence-corrected chi connectivity index (χ3v) is 3.52. The van der Waals surface area contributed by atoms with E-state index in [-0.39, 0.29) is 6.61 Å². The van der Waals surface area contributed by atoms with Gasteiger partial charge in [0.05, 0.1) is 18.8 Å². The van der Waals surface area contributed by atoms with Gasteiger partial charge in [0.15, 0.2) is 0 Å². The Balaban J connectivity index is 1.70. The summed E-state index contributed by atoms with van der Waals surface area (Å²) in [5.41, 5.74) is 0.932. The minimum atomic E-state index is 0.100. The van der Waals surface area contributed by atoms with Crippen LogP contribution in [0.15, 0.2) is 6.20 Å².